The Morgan fingerprint density at radius 3 is 2.77 bits per heavy atom. The lowest BCUT2D eigenvalue weighted by Gasteiger charge is -2.34. The standard InChI is InChI=1S/C15H20ClN5O/c1-9-8-22-6-5-21(9)13-7-12(10(2)15(16)17-13)14-11(3)18-19-20(14)4/h7,9H,5-6,8H2,1-4H3. The molecular weight excluding hydrogens is 302 g/mol. The van der Waals surface area contributed by atoms with Gasteiger partial charge in [-0.2, -0.15) is 0 Å². The molecule has 1 aliphatic heterocycles. The zero-order valence-corrected chi connectivity index (χ0v) is 14.1. The molecule has 2 aromatic heterocycles. The van der Waals surface area contributed by atoms with Crippen molar-refractivity contribution in [1.82, 2.24) is 20.0 Å². The number of nitrogens with zero attached hydrogens (tertiary/aromatic N) is 5. The first-order chi connectivity index (χ1) is 10.5. The van der Waals surface area contributed by atoms with Crippen LogP contribution in [0, 0.1) is 13.8 Å². The summed E-state index contributed by atoms with van der Waals surface area (Å²) in [5, 5.41) is 8.75. The van der Waals surface area contributed by atoms with Crippen LogP contribution in [0.1, 0.15) is 18.2 Å². The van der Waals surface area contributed by atoms with Gasteiger partial charge in [-0.1, -0.05) is 16.8 Å². The second-order valence-corrected chi connectivity index (χ2v) is 6.07. The van der Waals surface area contributed by atoms with E-state index in [9.17, 15) is 0 Å². The highest BCUT2D eigenvalue weighted by molar-refractivity contribution is 6.30. The Bertz CT molecular complexity index is 680. The van der Waals surface area contributed by atoms with Crippen LogP contribution in [0.25, 0.3) is 11.3 Å². The summed E-state index contributed by atoms with van der Waals surface area (Å²) in [4.78, 5) is 6.80. The molecule has 118 valence electrons. The van der Waals surface area contributed by atoms with Gasteiger partial charge in [0.25, 0.3) is 0 Å². The Balaban J connectivity index is 2.11. The van der Waals surface area contributed by atoms with Crippen LogP contribution in [0.4, 0.5) is 5.82 Å². The van der Waals surface area contributed by atoms with Gasteiger partial charge in [0.15, 0.2) is 0 Å². The van der Waals surface area contributed by atoms with Crippen LogP contribution in [0.5, 0.6) is 0 Å². The van der Waals surface area contributed by atoms with E-state index in [1.165, 1.54) is 0 Å². The van der Waals surface area contributed by atoms with E-state index >= 15 is 0 Å². The SMILES string of the molecule is Cc1nnn(C)c1-c1cc(N2CCOCC2C)nc(Cl)c1C. The molecule has 22 heavy (non-hydrogen) atoms. The fourth-order valence-corrected chi connectivity index (χ4v) is 3.04. The summed E-state index contributed by atoms with van der Waals surface area (Å²) in [6.45, 7) is 8.28. The third kappa shape index (κ3) is 2.57. The number of rotatable bonds is 2. The lowest BCUT2D eigenvalue weighted by Crippen LogP contribution is -2.44. The first-order valence-corrected chi connectivity index (χ1v) is 7.75. The quantitative estimate of drug-likeness (QED) is 0.795. The van der Waals surface area contributed by atoms with Gasteiger partial charge in [-0.05, 0) is 32.4 Å². The van der Waals surface area contributed by atoms with Gasteiger partial charge in [-0.3, -0.25) is 0 Å². The first-order valence-electron chi connectivity index (χ1n) is 7.37. The molecule has 0 saturated carbocycles. The molecule has 0 aliphatic carbocycles. The molecule has 3 heterocycles. The Morgan fingerprint density at radius 2 is 2.14 bits per heavy atom. The number of hydrogen-bond donors (Lipinski definition) is 0. The molecule has 1 aliphatic rings. The maximum absolute atomic E-state index is 6.39. The van der Waals surface area contributed by atoms with E-state index < -0.39 is 0 Å². The summed E-state index contributed by atoms with van der Waals surface area (Å²) in [7, 11) is 1.89. The van der Waals surface area contributed by atoms with E-state index in [4.69, 9.17) is 16.3 Å². The molecule has 0 N–H and O–H groups in total. The number of hydrogen-bond acceptors (Lipinski definition) is 5. The van der Waals surface area contributed by atoms with E-state index in [1.807, 2.05) is 20.9 Å². The van der Waals surface area contributed by atoms with Gasteiger partial charge < -0.3 is 9.64 Å². The molecule has 0 bridgehead atoms. The molecule has 1 fully saturated rings. The normalized spacial score (nSPS) is 18.8. The number of aryl methyl sites for hydroxylation is 2. The van der Waals surface area contributed by atoms with Gasteiger partial charge >= 0.3 is 0 Å². The second kappa shape index (κ2) is 5.85. The summed E-state index contributed by atoms with van der Waals surface area (Å²) in [5.74, 6) is 0.877. The van der Waals surface area contributed by atoms with Gasteiger partial charge in [-0.15, -0.1) is 5.10 Å². The lowest BCUT2D eigenvalue weighted by molar-refractivity contribution is 0.0985. The molecule has 3 rings (SSSR count). The number of anilines is 1. The minimum atomic E-state index is 0.277. The van der Waals surface area contributed by atoms with Crippen molar-refractivity contribution in [3.63, 3.8) is 0 Å². The van der Waals surface area contributed by atoms with Crippen LogP contribution in [0.3, 0.4) is 0 Å². The molecule has 0 amide bonds. The molecule has 1 unspecified atom stereocenters. The second-order valence-electron chi connectivity index (χ2n) is 5.71. The summed E-state index contributed by atoms with van der Waals surface area (Å²) >= 11 is 6.39. The molecule has 0 radical (unpaired) electrons. The summed E-state index contributed by atoms with van der Waals surface area (Å²) in [5.41, 5.74) is 3.83. The van der Waals surface area contributed by atoms with Crippen LogP contribution in [-0.2, 0) is 11.8 Å². The number of ether oxygens (including phenoxy) is 1. The predicted octanol–water partition coefficient (Wildman–Crippen LogP) is 2.37. The van der Waals surface area contributed by atoms with Gasteiger partial charge in [0.05, 0.1) is 30.6 Å². The van der Waals surface area contributed by atoms with Crippen molar-refractivity contribution >= 4 is 17.4 Å². The summed E-state index contributed by atoms with van der Waals surface area (Å²) in [6.07, 6.45) is 0. The molecule has 6 nitrogen and oxygen atoms in total. The first kappa shape index (κ1) is 15.2. The molecule has 1 atom stereocenters. The van der Waals surface area contributed by atoms with Gasteiger partial charge in [-0.25, -0.2) is 9.67 Å². The van der Waals surface area contributed by atoms with E-state index in [1.54, 1.807) is 4.68 Å². The number of morpholine rings is 1. The monoisotopic (exact) mass is 321 g/mol. The third-order valence-corrected chi connectivity index (χ3v) is 4.48. The summed E-state index contributed by atoms with van der Waals surface area (Å²) < 4.78 is 7.28. The third-order valence-electron chi connectivity index (χ3n) is 4.11. The van der Waals surface area contributed by atoms with Crippen LogP contribution < -0.4 is 4.90 Å². The Morgan fingerprint density at radius 1 is 1.36 bits per heavy atom. The van der Waals surface area contributed by atoms with Crippen molar-refractivity contribution in [1.29, 1.82) is 0 Å². The zero-order chi connectivity index (χ0) is 15.9. The lowest BCUT2D eigenvalue weighted by atomic mass is 10.1. The highest BCUT2D eigenvalue weighted by Crippen LogP contribution is 2.33. The number of pyridine rings is 1. The van der Waals surface area contributed by atoms with Crippen molar-refractivity contribution in [2.75, 3.05) is 24.7 Å². The Labute approximate surface area is 135 Å². The van der Waals surface area contributed by atoms with Crippen LogP contribution in [0.2, 0.25) is 5.15 Å². The molecular formula is C15H20ClN5O. The fourth-order valence-electron chi connectivity index (χ4n) is 2.86. The van der Waals surface area contributed by atoms with Gasteiger partial charge in [0, 0.05) is 19.2 Å². The smallest absolute Gasteiger partial charge is 0.135 e. The summed E-state index contributed by atoms with van der Waals surface area (Å²) in [6, 6.07) is 2.35. The maximum Gasteiger partial charge on any atom is 0.135 e. The topological polar surface area (TPSA) is 56.1 Å². The van der Waals surface area contributed by atoms with E-state index in [0.717, 1.165) is 34.9 Å². The van der Waals surface area contributed by atoms with Crippen LogP contribution >= 0.6 is 11.6 Å². The number of halogens is 1. The predicted molar refractivity (Wildman–Crippen MR) is 86.3 cm³/mol. The molecule has 0 aromatic carbocycles. The van der Waals surface area contributed by atoms with Crippen molar-refractivity contribution < 1.29 is 4.74 Å². The average molecular weight is 322 g/mol. The maximum atomic E-state index is 6.39. The van der Waals surface area contributed by atoms with Crippen molar-refractivity contribution in [2.24, 2.45) is 7.05 Å². The van der Waals surface area contributed by atoms with Crippen molar-refractivity contribution in [3.8, 4) is 11.3 Å². The minimum absolute atomic E-state index is 0.277. The Kier molecular flexibility index (Phi) is 4.06. The van der Waals surface area contributed by atoms with Crippen LogP contribution in [0.15, 0.2) is 6.07 Å². The van der Waals surface area contributed by atoms with E-state index in [-0.39, 0.29) is 6.04 Å². The number of aromatic nitrogens is 4. The highest BCUT2D eigenvalue weighted by atomic mass is 35.5. The minimum Gasteiger partial charge on any atom is -0.377 e. The average Bonchev–Trinajstić information content (AvgIpc) is 2.82. The molecule has 7 heteroatoms. The highest BCUT2D eigenvalue weighted by Gasteiger charge is 2.23. The van der Waals surface area contributed by atoms with Crippen molar-refractivity contribution in [3.05, 3.63) is 22.5 Å². The Hall–Kier alpha value is -1.66. The fraction of sp³-hybridized carbons (Fsp3) is 0.533. The van der Waals surface area contributed by atoms with Gasteiger partial charge in [0.1, 0.15) is 11.0 Å². The van der Waals surface area contributed by atoms with Crippen molar-refractivity contribution in [2.45, 2.75) is 26.8 Å². The molecule has 2 aromatic rings. The largest absolute Gasteiger partial charge is 0.377 e. The molecule has 0 spiro atoms. The van der Waals surface area contributed by atoms with Gasteiger partial charge in [0.2, 0.25) is 0 Å². The van der Waals surface area contributed by atoms with Crippen LogP contribution in [-0.4, -0.2) is 45.8 Å². The zero-order valence-electron chi connectivity index (χ0n) is 13.3. The van der Waals surface area contributed by atoms with E-state index in [0.29, 0.717) is 18.4 Å². The van der Waals surface area contributed by atoms with E-state index in [2.05, 4.69) is 33.2 Å². The molecule has 1 saturated heterocycles.